The van der Waals surface area contributed by atoms with E-state index in [1.165, 1.54) is 16.4 Å². The second-order valence-corrected chi connectivity index (χ2v) is 11.5. The summed E-state index contributed by atoms with van der Waals surface area (Å²) in [6, 6.07) is 18.0. The van der Waals surface area contributed by atoms with Crippen LogP contribution in [0.4, 0.5) is 0 Å². The van der Waals surface area contributed by atoms with Crippen LogP contribution in [0.15, 0.2) is 72.4 Å². The van der Waals surface area contributed by atoms with Crippen molar-refractivity contribution in [1.82, 2.24) is 34.5 Å². The number of aromatic nitrogens is 5. The number of carbonyl (C=O) groups is 2. The summed E-state index contributed by atoms with van der Waals surface area (Å²) in [5.74, 6) is 1.17. The molecule has 45 heavy (non-hydrogen) atoms. The van der Waals surface area contributed by atoms with Gasteiger partial charge in [0.2, 0.25) is 0 Å². The van der Waals surface area contributed by atoms with Crippen LogP contribution in [0.25, 0.3) is 21.8 Å². The van der Waals surface area contributed by atoms with Crippen molar-refractivity contribution in [2.24, 2.45) is 19.8 Å². The third-order valence-electron chi connectivity index (χ3n) is 7.47. The van der Waals surface area contributed by atoms with Crippen LogP contribution < -0.4 is 15.8 Å². The Morgan fingerprint density at radius 1 is 1.02 bits per heavy atom. The number of hydrogen-bond acceptors (Lipinski definition) is 8. The van der Waals surface area contributed by atoms with Gasteiger partial charge in [-0.15, -0.1) is 11.3 Å². The average molecular weight is 627 g/mol. The minimum absolute atomic E-state index is 0.142. The molecule has 0 bridgehead atoms. The molecule has 3 aromatic heterocycles. The maximum Gasteiger partial charge on any atom is 0.270 e. The number of imidazole rings is 1. The van der Waals surface area contributed by atoms with E-state index in [4.69, 9.17) is 15.5 Å². The zero-order chi connectivity index (χ0) is 31.8. The van der Waals surface area contributed by atoms with Crippen molar-refractivity contribution < 1.29 is 14.3 Å². The van der Waals surface area contributed by atoms with E-state index in [1.807, 2.05) is 60.3 Å². The Labute approximate surface area is 266 Å². The molecule has 2 aromatic carbocycles. The summed E-state index contributed by atoms with van der Waals surface area (Å²) in [5.41, 5.74) is 10.2. The number of thiazole rings is 1. The molecular formula is C33H38N8O3S. The number of benzene rings is 2. The van der Waals surface area contributed by atoms with E-state index in [2.05, 4.69) is 32.9 Å². The van der Waals surface area contributed by atoms with Gasteiger partial charge in [-0.25, -0.2) is 9.97 Å². The fourth-order valence-corrected chi connectivity index (χ4v) is 5.73. The van der Waals surface area contributed by atoms with Gasteiger partial charge in [0, 0.05) is 69.3 Å². The zero-order valence-electron chi connectivity index (χ0n) is 25.8. The average Bonchev–Trinajstić information content (AvgIpc) is 3.76. The number of nitrogens with zero attached hydrogens (tertiary/aromatic N) is 6. The van der Waals surface area contributed by atoms with E-state index < -0.39 is 0 Å². The molecule has 0 spiro atoms. The quantitative estimate of drug-likeness (QED) is 0.240. The van der Waals surface area contributed by atoms with Crippen molar-refractivity contribution in [2.45, 2.75) is 19.3 Å². The molecule has 5 aromatic rings. The van der Waals surface area contributed by atoms with E-state index in [1.54, 1.807) is 30.4 Å². The number of hydrogen-bond donors (Lipinski definition) is 2. The summed E-state index contributed by atoms with van der Waals surface area (Å²) >= 11 is 1.68. The normalized spacial score (nSPS) is 12.2. The molecular weight excluding hydrogens is 588 g/mol. The van der Waals surface area contributed by atoms with Crippen LogP contribution >= 0.6 is 11.3 Å². The minimum Gasteiger partial charge on any atom is -0.497 e. The van der Waals surface area contributed by atoms with E-state index in [9.17, 15) is 9.59 Å². The van der Waals surface area contributed by atoms with Crippen LogP contribution in [0, 0.1) is 0 Å². The summed E-state index contributed by atoms with van der Waals surface area (Å²) in [7, 11) is 5.23. The summed E-state index contributed by atoms with van der Waals surface area (Å²) in [4.78, 5) is 36.3. The van der Waals surface area contributed by atoms with Crippen LogP contribution in [0.1, 0.15) is 38.8 Å². The molecule has 1 aliphatic rings. The van der Waals surface area contributed by atoms with E-state index in [0.717, 1.165) is 59.5 Å². The molecule has 11 nitrogen and oxygen atoms in total. The Hall–Kier alpha value is -4.81. The van der Waals surface area contributed by atoms with Gasteiger partial charge in [0.1, 0.15) is 22.3 Å². The van der Waals surface area contributed by atoms with Crippen LogP contribution in [0.3, 0.4) is 0 Å². The van der Waals surface area contributed by atoms with E-state index in [0.29, 0.717) is 25.1 Å². The topological polar surface area (TPSA) is 133 Å². The molecule has 2 amide bonds. The Balaban J connectivity index is 0.000000238. The van der Waals surface area contributed by atoms with Gasteiger partial charge in [0.05, 0.1) is 30.3 Å². The summed E-state index contributed by atoms with van der Waals surface area (Å²) in [6.07, 6.45) is 5.84. The number of likely N-dealkylation sites (tertiary alicyclic amines) is 1. The summed E-state index contributed by atoms with van der Waals surface area (Å²) < 4.78 is 8.68. The van der Waals surface area contributed by atoms with Gasteiger partial charge in [-0.2, -0.15) is 5.10 Å². The van der Waals surface area contributed by atoms with E-state index in [-0.39, 0.29) is 17.5 Å². The van der Waals surface area contributed by atoms with Crippen molar-refractivity contribution >= 4 is 23.2 Å². The number of nitrogens with two attached hydrogens (primary N) is 1. The Bertz CT molecular complexity index is 1740. The minimum atomic E-state index is -0.314. The second-order valence-electron chi connectivity index (χ2n) is 10.6. The maximum absolute atomic E-state index is 12.8. The molecule has 1 saturated heterocycles. The monoisotopic (exact) mass is 626 g/mol. The van der Waals surface area contributed by atoms with Gasteiger partial charge in [-0.1, -0.05) is 42.5 Å². The Kier molecular flexibility index (Phi) is 10.4. The fraction of sp³-hybridized carbons (Fsp3) is 0.303. The number of amides is 2. The highest BCUT2D eigenvalue weighted by Gasteiger charge is 2.28. The lowest BCUT2D eigenvalue weighted by atomic mass is 10.1. The third-order valence-corrected chi connectivity index (χ3v) is 8.41. The van der Waals surface area contributed by atoms with Crippen molar-refractivity contribution in [2.75, 3.05) is 33.3 Å². The number of methoxy groups -OCH3 is 1. The lowest BCUT2D eigenvalue weighted by molar-refractivity contribution is 0.0647. The predicted octanol–water partition coefficient (Wildman–Crippen LogP) is 3.96. The Morgan fingerprint density at radius 3 is 2.51 bits per heavy atom. The molecule has 234 valence electrons. The van der Waals surface area contributed by atoms with Crippen molar-refractivity contribution in [3.05, 3.63) is 95.1 Å². The third kappa shape index (κ3) is 7.65. The standard InChI is InChI=1S/C22H26N6O3.C11H12N2S/c1-26-14-18(15-6-4-7-16(12-15)31-3)25-19(26)8-9-23-21(29)20-17(13-24-27(20)2)22(30)28-10-5-11-28;12-7-6-10-8-14-11(13-10)9-4-2-1-3-5-9/h4,6-7,12-14H,5,8-11H2,1-3H3,(H,23,29);1-5,8H,6-7,12H2. The van der Waals surface area contributed by atoms with Gasteiger partial charge in [0.15, 0.2) is 0 Å². The molecule has 1 fully saturated rings. The molecule has 1 aliphatic heterocycles. The van der Waals surface area contributed by atoms with Gasteiger partial charge in [0.25, 0.3) is 11.8 Å². The number of aryl methyl sites for hydroxylation is 2. The number of carbonyl (C=O) groups excluding carboxylic acids is 2. The van der Waals surface area contributed by atoms with Crippen LogP contribution in [-0.4, -0.2) is 74.3 Å². The highest BCUT2D eigenvalue weighted by atomic mass is 32.1. The van der Waals surface area contributed by atoms with Crippen LogP contribution in [0.2, 0.25) is 0 Å². The molecule has 0 unspecified atom stereocenters. The van der Waals surface area contributed by atoms with Gasteiger partial charge < -0.3 is 25.3 Å². The lowest BCUT2D eigenvalue weighted by Gasteiger charge is -2.30. The van der Waals surface area contributed by atoms with Gasteiger partial charge in [-0.3, -0.25) is 14.3 Å². The van der Waals surface area contributed by atoms with Crippen LogP contribution in [0.5, 0.6) is 5.75 Å². The first kappa shape index (κ1) is 31.6. The molecule has 3 N–H and O–H groups in total. The van der Waals surface area contributed by atoms with Crippen molar-refractivity contribution in [3.63, 3.8) is 0 Å². The number of rotatable bonds is 10. The first-order valence-corrected chi connectivity index (χ1v) is 15.7. The highest BCUT2D eigenvalue weighted by Crippen LogP contribution is 2.24. The van der Waals surface area contributed by atoms with Crippen molar-refractivity contribution in [3.8, 4) is 27.6 Å². The van der Waals surface area contributed by atoms with Crippen LogP contribution in [-0.2, 0) is 26.9 Å². The molecule has 6 rings (SSSR count). The van der Waals surface area contributed by atoms with Gasteiger partial charge in [-0.05, 0) is 25.1 Å². The molecule has 4 heterocycles. The second kappa shape index (κ2) is 14.8. The smallest absolute Gasteiger partial charge is 0.270 e. The predicted molar refractivity (Wildman–Crippen MR) is 175 cm³/mol. The lowest BCUT2D eigenvalue weighted by Crippen LogP contribution is -2.43. The molecule has 0 saturated carbocycles. The SMILES string of the molecule is COc1cccc(-c2cn(C)c(CCNC(=O)c3c(C(=O)N4CCC4)cnn3C)n2)c1.NCCc1csc(-c2ccccc2)n1. The highest BCUT2D eigenvalue weighted by molar-refractivity contribution is 7.13. The molecule has 12 heteroatoms. The molecule has 0 aliphatic carbocycles. The maximum atomic E-state index is 12.8. The first-order valence-electron chi connectivity index (χ1n) is 14.8. The molecule has 0 atom stereocenters. The number of ether oxygens (including phenoxy) is 1. The Morgan fingerprint density at radius 2 is 1.80 bits per heavy atom. The zero-order valence-corrected chi connectivity index (χ0v) is 26.6. The fourth-order valence-electron chi connectivity index (χ4n) is 4.87. The number of nitrogens with one attached hydrogen (secondary N) is 1. The summed E-state index contributed by atoms with van der Waals surface area (Å²) in [6.45, 7) is 2.51. The molecule has 0 radical (unpaired) electrons. The summed E-state index contributed by atoms with van der Waals surface area (Å²) in [5, 5.41) is 10.2. The largest absolute Gasteiger partial charge is 0.497 e. The van der Waals surface area contributed by atoms with Crippen molar-refractivity contribution in [1.29, 1.82) is 0 Å². The van der Waals surface area contributed by atoms with Gasteiger partial charge >= 0.3 is 0 Å². The van der Waals surface area contributed by atoms with E-state index >= 15 is 0 Å². The first-order chi connectivity index (χ1) is 21.9.